The summed E-state index contributed by atoms with van der Waals surface area (Å²) in [6.07, 6.45) is 14.5. The van der Waals surface area contributed by atoms with Gasteiger partial charge in [0.15, 0.2) is 0 Å². The molecule has 0 saturated heterocycles. The summed E-state index contributed by atoms with van der Waals surface area (Å²) in [7, 11) is -1.10. The molecule has 116 valence electrons. The molecule has 1 aromatic rings. The monoisotopic (exact) mass is 310 g/mol. The molecular formula is C18H34SSi. The number of unbranched alkanes of at least 4 members (excludes halogenated alkanes) is 9. The average Bonchev–Trinajstić information content (AvgIpc) is 2.96. The lowest BCUT2D eigenvalue weighted by atomic mass is 10.1. The van der Waals surface area contributed by atoms with Gasteiger partial charge in [-0.05, 0) is 9.88 Å². The van der Waals surface area contributed by atoms with Gasteiger partial charge in [0.2, 0.25) is 0 Å². The van der Waals surface area contributed by atoms with Crippen LogP contribution in [0.1, 0.15) is 71.1 Å². The van der Waals surface area contributed by atoms with Crippen molar-refractivity contribution in [3.05, 3.63) is 17.5 Å². The van der Waals surface area contributed by atoms with Crippen LogP contribution in [-0.4, -0.2) is 8.07 Å². The highest BCUT2D eigenvalue weighted by Crippen LogP contribution is 2.18. The summed E-state index contributed by atoms with van der Waals surface area (Å²) in [5.74, 6) is 0. The molecule has 0 saturated carbocycles. The van der Waals surface area contributed by atoms with Crippen LogP contribution < -0.4 is 4.50 Å². The maximum Gasteiger partial charge on any atom is 0.0934 e. The minimum Gasteiger partial charge on any atom is -0.154 e. The lowest BCUT2D eigenvalue weighted by Crippen LogP contribution is -2.38. The van der Waals surface area contributed by atoms with Gasteiger partial charge in [0.05, 0.1) is 8.07 Å². The van der Waals surface area contributed by atoms with Crippen LogP contribution in [0.4, 0.5) is 0 Å². The Bertz CT molecular complexity index is 316. The van der Waals surface area contributed by atoms with Gasteiger partial charge >= 0.3 is 0 Å². The van der Waals surface area contributed by atoms with Crippen LogP contribution in [0.3, 0.4) is 0 Å². The first kappa shape index (κ1) is 18.0. The molecule has 0 bridgehead atoms. The molecule has 0 atom stereocenters. The molecule has 0 amide bonds. The number of hydrogen-bond donors (Lipinski definition) is 0. The van der Waals surface area contributed by atoms with E-state index in [0.29, 0.717) is 0 Å². The van der Waals surface area contributed by atoms with E-state index in [1.165, 1.54) is 70.3 Å². The van der Waals surface area contributed by atoms with E-state index < -0.39 is 8.07 Å². The molecule has 0 fully saturated rings. The van der Waals surface area contributed by atoms with Crippen molar-refractivity contribution in [3.63, 3.8) is 0 Å². The second kappa shape index (κ2) is 10.6. The fraction of sp³-hybridized carbons (Fsp3) is 0.778. The van der Waals surface area contributed by atoms with Crippen LogP contribution in [-0.2, 0) is 0 Å². The van der Waals surface area contributed by atoms with Crippen LogP contribution in [0.25, 0.3) is 0 Å². The molecule has 1 rings (SSSR count). The lowest BCUT2D eigenvalue weighted by molar-refractivity contribution is 0.561. The highest BCUT2D eigenvalue weighted by Gasteiger charge is 2.23. The molecular weight excluding hydrogens is 276 g/mol. The van der Waals surface area contributed by atoms with Crippen LogP contribution in [0.5, 0.6) is 0 Å². The summed E-state index contributed by atoms with van der Waals surface area (Å²) in [5, 5.41) is 2.24. The summed E-state index contributed by atoms with van der Waals surface area (Å²) >= 11 is 1.97. The van der Waals surface area contributed by atoms with Crippen molar-refractivity contribution in [1.29, 1.82) is 0 Å². The van der Waals surface area contributed by atoms with E-state index in [1.807, 2.05) is 11.3 Å². The van der Waals surface area contributed by atoms with E-state index in [0.717, 1.165) is 0 Å². The first-order chi connectivity index (χ1) is 9.67. The Morgan fingerprint density at radius 3 is 1.90 bits per heavy atom. The van der Waals surface area contributed by atoms with Crippen LogP contribution >= 0.6 is 11.3 Å². The first-order valence-corrected chi connectivity index (χ1v) is 12.8. The maximum absolute atomic E-state index is 2.53. The smallest absolute Gasteiger partial charge is 0.0934 e. The molecule has 0 N–H and O–H groups in total. The van der Waals surface area contributed by atoms with Crippen LogP contribution in [0, 0.1) is 0 Å². The Kier molecular flexibility index (Phi) is 9.54. The van der Waals surface area contributed by atoms with Gasteiger partial charge in [-0.25, -0.2) is 0 Å². The van der Waals surface area contributed by atoms with Gasteiger partial charge in [0, 0.05) is 0 Å². The molecule has 0 aliphatic rings. The Balaban J connectivity index is 1.94. The highest BCUT2D eigenvalue weighted by molar-refractivity contribution is 7.25. The minimum atomic E-state index is -1.10. The van der Waals surface area contributed by atoms with Gasteiger partial charge in [-0.3, -0.25) is 0 Å². The van der Waals surface area contributed by atoms with Crippen molar-refractivity contribution in [3.8, 4) is 0 Å². The zero-order valence-electron chi connectivity index (χ0n) is 13.9. The van der Waals surface area contributed by atoms with E-state index in [2.05, 4.69) is 37.5 Å². The molecule has 0 unspecified atom stereocenters. The fourth-order valence-electron chi connectivity index (χ4n) is 2.84. The fourth-order valence-corrected chi connectivity index (χ4v) is 7.02. The van der Waals surface area contributed by atoms with E-state index in [4.69, 9.17) is 0 Å². The zero-order chi connectivity index (χ0) is 14.7. The quantitative estimate of drug-likeness (QED) is 0.302. The summed E-state index contributed by atoms with van der Waals surface area (Å²) in [4.78, 5) is 0. The summed E-state index contributed by atoms with van der Waals surface area (Å²) in [6.45, 7) is 7.36. The molecule has 1 heterocycles. The van der Waals surface area contributed by atoms with Crippen molar-refractivity contribution in [2.45, 2.75) is 90.3 Å². The van der Waals surface area contributed by atoms with E-state index in [-0.39, 0.29) is 0 Å². The Labute approximate surface area is 132 Å². The van der Waals surface area contributed by atoms with Gasteiger partial charge < -0.3 is 0 Å². The summed E-state index contributed by atoms with van der Waals surface area (Å²) in [6, 6.07) is 6.05. The number of thiophene rings is 1. The largest absolute Gasteiger partial charge is 0.154 e. The molecule has 2 heteroatoms. The number of hydrogen-bond acceptors (Lipinski definition) is 1. The van der Waals surface area contributed by atoms with Gasteiger partial charge in [-0.15, -0.1) is 0 Å². The first-order valence-electron chi connectivity index (χ1n) is 8.71. The molecule has 0 aromatic carbocycles. The average molecular weight is 311 g/mol. The van der Waals surface area contributed by atoms with Crippen molar-refractivity contribution < 1.29 is 0 Å². The van der Waals surface area contributed by atoms with Gasteiger partial charge in [-0.1, -0.05) is 102 Å². The topological polar surface area (TPSA) is 0 Å². The van der Waals surface area contributed by atoms with Crippen LogP contribution in [0.15, 0.2) is 17.5 Å². The molecule has 0 spiro atoms. The zero-order valence-corrected chi connectivity index (χ0v) is 15.7. The number of rotatable bonds is 12. The Morgan fingerprint density at radius 2 is 1.40 bits per heavy atom. The van der Waals surface area contributed by atoms with Gasteiger partial charge in [-0.2, -0.15) is 11.3 Å². The Morgan fingerprint density at radius 1 is 0.850 bits per heavy atom. The van der Waals surface area contributed by atoms with Crippen LogP contribution in [0.2, 0.25) is 19.1 Å². The maximum atomic E-state index is 2.53. The third-order valence-electron chi connectivity index (χ3n) is 4.34. The predicted octanol–water partition coefficient (Wildman–Crippen LogP) is 6.58. The molecule has 20 heavy (non-hydrogen) atoms. The van der Waals surface area contributed by atoms with E-state index in [1.54, 1.807) is 4.50 Å². The van der Waals surface area contributed by atoms with Crippen molar-refractivity contribution in [2.24, 2.45) is 0 Å². The lowest BCUT2D eigenvalue weighted by Gasteiger charge is -2.20. The van der Waals surface area contributed by atoms with Gasteiger partial charge in [0.25, 0.3) is 0 Å². The molecule has 0 aliphatic carbocycles. The summed E-state index contributed by atoms with van der Waals surface area (Å²) in [5.41, 5.74) is 0. The standard InChI is InChI=1S/C18H34SSi/c1-4-5-6-7-8-9-10-11-12-13-17-20(2,3)18-15-14-16-19-18/h14-16H,4-13,17H2,1-3H3. The third-order valence-corrected chi connectivity index (χ3v) is 10.1. The minimum absolute atomic E-state index is 1.10. The summed E-state index contributed by atoms with van der Waals surface area (Å²) < 4.78 is 1.69. The van der Waals surface area contributed by atoms with E-state index >= 15 is 0 Å². The highest BCUT2D eigenvalue weighted by atomic mass is 32.1. The second-order valence-corrected chi connectivity index (χ2v) is 12.9. The normalized spacial score (nSPS) is 11.9. The SMILES string of the molecule is CCCCCCCCCCCC[Si](C)(C)c1cccs1. The molecule has 0 radical (unpaired) electrons. The third kappa shape index (κ3) is 7.63. The van der Waals surface area contributed by atoms with E-state index in [9.17, 15) is 0 Å². The molecule has 0 aliphatic heterocycles. The predicted molar refractivity (Wildman–Crippen MR) is 98.1 cm³/mol. The molecule has 0 nitrogen and oxygen atoms in total. The Hall–Kier alpha value is -0.0831. The van der Waals surface area contributed by atoms with Crippen molar-refractivity contribution in [2.75, 3.05) is 0 Å². The van der Waals surface area contributed by atoms with Crippen molar-refractivity contribution in [1.82, 2.24) is 0 Å². The van der Waals surface area contributed by atoms with Gasteiger partial charge in [0.1, 0.15) is 0 Å². The van der Waals surface area contributed by atoms with Crippen molar-refractivity contribution >= 4 is 23.9 Å². The molecule has 1 aromatic heterocycles. The second-order valence-electron chi connectivity index (χ2n) is 6.79.